The molecule has 1 aromatic heterocycles. The second-order valence-corrected chi connectivity index (χ2v) is 6.33. The van der Waals surface area contributed by atoms with Crippen LogP contribution in [0.3, 0.4) is 0 Å². The van der Waals surface area contributed by atoms with Gasteiger partial charge in [-0.1, -0.05) is 29.8 Å². The fourth-order valence-electron chi connectivity index (χ4n) is 2.55. The van der Waals surface area contributed by atoms with E-state index in [0.29, 0.717) is 5.69 Å². The Hall–Kier alpha value is -3.78. The number of carbonyl (C=O) groups excluding carboxylic acids is 2. The lowest BCUT2D eigenvalue weighted by molar-refractivity contribution is -0.384. The highest BCUT2D eigenvalue weighted by atomic mass is 35.5. The summed E-state index contributed by atoms with van der Waals surface area (Å²) in [5.41, 5.74) is 1.07. The van der Waals surface area contributed by atoms with Gasteiger partial charge in [0.15, 0.2) is 0 Å². The summed E-state index contributed by atoms with van der Waals surface area (Å²) in [6.45, 7) is 0.232. The molecule has 1 heterocycles. The first-order valence-electron chi connectivity index (χ1n) is 8.48. The van der Waals surface area contributed by atoms with E-state index in [4.69, 9.17) is 11.6 Å². The van der Waals surface area contributed by atoms with E-state index in [1.807, 2.05) is 6.07 Å². The standard InChI is InChI=1S/C20H15ClN4O4/c21-17-11-14(25(28)29)8-9-15(17)20(27)24-18-7-2-1-6-16(18)19(26)23-12-13-5-3-4-10-22-13/h1-11H,12H2,(H,23,26)(H,24,27). The maximum atomic E-state index is 12.6. The minimum Gasteiger partial charge on any atom is -0.346 e. The van der Waals surface area contributed by atoms with Gasteiger partial charge in [0.05, 0.1) is 39.0 Å². The van der Waals surface area contributed by atoms with Crippen molar-refractivity contribution in [2.75, 3.05) is 5.32 Å². The number of hydrogen-bond donors (Lipinski definition) is 2. The molecule has 0 saturated carbocycles. The Kier molecular flexibility index (Phi) is 6.16. The van der Waals surface area contributed by atoms with Gasteiger partial charge in [0.1, 0.15) is 0 Å². The van der Waals surface area contributed by atoms with Crippen molar-refractivity contribution < 1.29 is 14.5 Å². The van der Waals surface area contributed by atoms with E-state index in [-0.39, 0.29) is 40.0 Å². The van der Waals surface area contributed by atoms with Crippen LogP contribution in [-0.2, 0) is 6.54 Å². The lowest BCUT2D eigenvalue weighted by atomic mass is 10.1. The van der Waals surface area contributed by atoms with Crippen molar-refractivity contribution >= 4 is 34.8 Å². The van der Waals surface area contributed by atoms with Gasteiger partial charge in [-0.3, -0.25) is 24.7 Å². The second-order valence-electron chi connectivity index (χ2n) is 5.92. The second kappa shape index (κ2) is 8.94. The van der Waals surface area contributed by atoms with Gasteiger partial charge in [-0.05, 0) is 30.3 Å². The topological polar surface area (TPSA) is 114 Å². The maximum absolute atomic E-state index is 12.6. The number of aromatic nitrogens is 1. The number of benzene rings is 2. The van der Waals surface area contributed by atoms with Crippen molar-refractivity contribution in [2.24, 2.45) is 0 Å². The maximum Gasteiger partial charge on any atom is 0.270 e. The summed E-state index contributed by atoms with van der Waals surface area (Å²) in [4.78, 5) is 39.5. The van der Waals surface area contributed by atoms with Crippen LogP contribution in [0.15, 0.2) is 66.9 Å². The Morgan fingerprint density at radius 2 is 1.76 bits per heavy atom. The van der Waals surface area contributed by atoms with Gasteiger partial charge in [0.25, 0.3) is 17.5 Å². The summed E-state index contributed by atoms with van der Waals surface area (Å²) < 4.78 is 0. The summed E-state index contributed by atoms with van der Waals surface area (Å²) in [6.07, 6.45) is 1.63. The van der Waals surface area contributed by atoms with Gasteiger partial charge in [0.2, 0.25) is 0 Å². The summed E-state index contributed by atoms with van der Waals surface area (Å²) in [5, 5.41) is 16.1. The van der Waals surface area contributed by atoms with Crippen LogP contribution in [0.2, 0.25) is 5.02 Å². The zero-order valence-electron chi connectivity index (χ0n) is 15.0. The van der Waals surface area contributed by atoms with Crippen LogP contribution < -0.4 is 10.6 Å². The van der Waals surface area contributed by atoms with Crippen LogP contribution in [0, 0.1) is 10.1 Å². The third-order valence-corrected chi connectivity index (χ3v) is 4.30. The van der Waals surface area contributed by atoms with Gasteiger partial charge in [0, 0.05) is 18.3 Å². The Balaban J connectivity index is 1.75. The number of amides is 2. The Labute approximate surface area is 170 Å². The molecular formula is C20H15ClN4O4. The molecule has 2 N–H and O–H groups in total. The first-order chi connectivity index (χ1) is 14.0. The van der Waals surface area contributed by atoms with Crippen LogP contribution in [0.4, 0.5) is 11.4 Å². The summed E-state index contributed by atoms with van der Waals surface area (Å²) in [7, 11) is 0. The number of nitro benzene ring substituents is 1. The highest BCUT2D eigenvalue weighted by Crippen LogP contribution is 2.24. The fraction of sp³-hybridized carbons (Fsp3) is 0.0500. The largest absolute Gasteiger partial charge is 0.346 e. The van der Waals surface area contributed by atoms with Gasteiger partial charge >= 0.3 is 0 Å². The molecule has 0 bridgehead atoms. The van der Waals surface area contributed by atoms with E-state index in [0.717, 1.165) is 6.07 Å². The van der Waals surface area contributed by atoms with E-state index >= 15 is 0 Å². The number of pyridine rings is 1. The molecule has 29 heavy (non-hydrogen) atoms. The van der Waals surface area contributed by atoms with Crippen molar-refractivity contribution in [3.8, 4) is 0 Å². The number of carbonyl (C=O) groups is 2. The molecule has 9 heteroatoms. The summed E-state index contributed by atoms with van der Waals surface area (Å²) >= 11 is 6.00. The molecule has 0 atom stereocenters. The van der Waals surface area contributed by atoms with Crippen LogP contribution in [0.25, 0.3) is 0 Å². The number of nitrogens with one attached hydrogen (secondary N) is 2. The number of para-hydroxylation sites is 1. The Morgan fingerprint density at radius 3 is 2.45 bits per heavy atom. The average molecular weight is 411 g/mol. The molecule has 0 saturated heterocycles. The molecule has 2 amide bonds. The van der Waals surface area contributed by atoms with E-state index in [1.54, 1.807) is 42.6 Å². The molecule has 8 nitrogen and oxygen atoms in total. The van der Waals surface area contributed by atoms with Gasteiger partial charge in [-0.2, -0.15) is 0 Å². The molecule has 0 spiro atoms. The predicted molar refractivity (Wildman–Crippen MR) is 108 cm³/mol. The van der Waals surface area contributed by atoms with Crippen LogP contribution >= 0.6 is 11.6 Å². The number of nitro groups is 1. The quantitative estimate of drug-likeness (QED) is 0.473. The average Bonchev–Trinajstić information content (AvgIpc) is 2.73. The van der Waals surface area contributed by atoms with E-state index in [2.05, 4.69) is 15.6 Å². The highest BCUT2D eigenvalue weighted by molar-refractivity contribution is 6.34. The van der Waals surface area contributed by atoms with Crippen molar-refractivity contribution in [1.29, 1.82) is 0 Å². The third-order valence-electron chi connectivity index (χ3n) is 3.98. The van der Waals surface area contributed by atoms with Crippen LogP contribution in [-0.4, -0.2) is 21.7 Å². The highest BCUT2D eigenvalue weighted by Gasteiger charge is 2.18. The van der Waals surface area contributed by atoms with Crippen LogP contribution in [0.1, 0.15) is 26.4 Å². The number of hydrogen-bond acceptors (Lipinski definition) is 5. The van der Waals surface area contributed by atoms with E-state index in [1.165, 1.54) is 12.1 Å². The molecule has 0 radical (unpaired) electrons. The van der Waals surface area contributed by atoms with Crippen molar-refractivity contribution in [2.45, 2.75) is 6.54 Å². The monoisotopic (exact) mass is 410 g/mol. The lowest BCUT2D eigenvalue weighted by Gasteiger charge is -2.12. The molecule has 0 aliphatic rings. The minimum atomic E-state index is -0.602. The first-order valence-corrected chi connectivity index (χ1v) is 8.86. The number of rotatable bonds is 6. The van der Waals surface area contributed by atoms with Crippen molar-refractivity contribution in [3.63, 3.8) is 0 Å². The van der Waals surface area contributed by atoms with Gasteiger partial charge in [-0.15, -0.1) is 0 Å². The predicted octanol–water partition coefficient (Wildman–Crippen LogP) is 3.83. The Bertz CT molecular complexity index is 1070. The summed E-state index contributed by atoms with van der Waals surface area (Å²) in [6, 6.07) is 15.4. The van der Waals surface area contributed by atoms with Crippen LogP contribution in [0.5, 0.6) is 0 Å². The zero-order chi connectivity index (χ0) is 20.8. The molecule has 0 aliphatic heterocycles. The normalized spacial score (nSPS) is 10.2. The molecule has 3 aromatic rings. The van der Waals surface area contributed by atoms with E-state index < -0.39 is 10.8 Å². The molecule has 2 aromatic carbocycles. The first kappa shape index (κ1) is 20.0. The fourth-order valence-corrected chi connectivity index (χ4v) is 2.81. The third kappa shape index (κ3) is 4.94. The smallest absolute Gasteiger partial charge is 0.270 e. The summed E-state index contributed by atoms with van der Waals surface area (Å²) in [5.74, 6) is -0.976. The van der Waals surface area contributed by atoms with Crippen molar-refractivity contribution in [1.82, 2.24) is 10.3 Å². The number of nitrogens with zero attached hydrogens (tertiary/aromatic N) is 2. The molecule has 146 valence electrons. The molecular weight excluding hydrogens is 396 g/mol. The minimum absolute atomic E-state index is 0.0564. The molecule has 0 aliphatic carbocycles. The number of halogens is 1. The van der Waals surface area contributed by atoms with E-state index in [9.17, 15) is 19.7 Å². The number of anilines is 1. The van der Waals surface area contributed by atoms with Gasteiger partial charge < -0.3 is 10.6 Å². The zero-order valence-corrected chi connectivity index (χ0v) is 15.7. The SMILES string of the molecule is O=C(Nc1ccccc1C(=O)NCc1ccccn1)c1ccc([N+](=O)[O-])cc1Cl. The van der Waals surface area contributed by atoms with Gasteiger partial charge in [-0.25, -0.2) is 0 Å². The number of non-ortho nitro benzene ring substituents is 1. The lowest BCUT2D eigenvalue weighted by Crippen LogP contribution is -2.25. The molecule has 3 rings (SSSR count). The molecule has 0 unspecified atom stereocenters. The Morgan fingerprint density at radius 1 is 1.00 bits per heavy atom. The van der Waals surface area contributed by atoms with Crippen molar-refractivity contribution in [3.05, 3.63) is 98.8 Å². The molecule has 0 fully saturated rings.